The third-order valence-electron chi connectivity index (χ3n) is 1.95. The molecule has 0 saturated carbocycles. The van der Waals surface area contributed by atoms with Crippen molar-refractivity contribution in [1.82, 2.24) is 0 Å². The van der Waals surface area contributed by atoms with Crippen molar-refractivity contribution in [2.75, 3.05) is 0 Å². The first kappa shape index (κ1) is 8.08. The topological polar surface area (TPSA) is 39.2 Å². The molecule has 2 nitrogen and oxygen atoms in total. The molecule has 0 fully saturated rings. The Bertz CT molecular complexity index is 378. The lowest BCUT2D eigenvalue weighted by Gasteiger charge is -1.93. The monoisotopic (exact) mass is 173 g/mol. The van der Waals surface area contributed by atoms with E-state index in [1.165, 1.54) is 0 Å². The van der Waals surface area contributed by atoms with Crippen molar-refractivity contribution in [2.24, 2.45) is 5.73 Å². The van der Waals surface area contributed by atoms with E-state index < -0.39 is 0 Å². The highest BCUT2D eigenvalue weighted by molar-refractivity contribution is 5.57. The van der Waals surface area contributed by atoms with Crippen molar-refractivity contribution in [3.05, 3.63) is 48.2 Å². The minimum absolute atomic E-state index is 0.524. The van der Waals surface area contributed by atoms with Gasteiger partial charge in [0, 0.05) is 17.7 Å². The summed E-state index contributed by atoms with van der Waals surface area (Å²) in [6, 6.07) is 11.9. The molecule has 0 unspecified atom stereocenters. The van der Waals surface area contributed by atoms with Crippen LogP contribution in [-0.4, -0.2) is 0 Å². The fraction of sp³-hybridized carbons (Fsp3) is 0.0909. The molecule has 1 aromatic carbocycles. The molecule has 0 aliphatic carbocycles. The highest BCUT2D eigenvalue weighted by Crippen LogP contribution is 2.21. The highest BCUT2D eigenvalue weighted by atomic mass is 16.3. The summed E-state index contributed by atoms with van der Waals surface area (Å²) in [4.78, 5) is 0. The van der Waals surface area contributed by atoms with Gasteiger partial charge in [-0.15, -0.1) is 0 Å². The van der Waals surface area contributed by atoms with Crippen LogP contribution >= 0.6 is 0 Å². The van der Waals surface area contributed by atoms with Gasteiger partial charge in [0.2, 0.25) is 0 Å². The molecule has 66 valence electrons. The Morgan fingerprint density at radius 3 is 2.54 bits per heavy atom. The summed E-state index contributed by atoms with van der Waals surface area (Å²) in [6.07, 6.45) is 1.70. The minimum atomic E-state index is 0.524. The van der Waals surface area contributed by atoms with Gasteiger partial charge in [-0.3, -0.25) is 0 Å². The summed E-state index contributed by atoms with van der Waals surface area (Å²) in [6.45, 7) is 0.524. The van der Waals surface area contributed by atoms with E-state index in [0.717, 1.165) is 16.9 Å². The normalized spacial score (nSPS) is 10.2. The quantitative estimate of drug-likeness (QED) is 0.757. The molecule has 0 bridgehead atoms. The van der Waals surface area contributed by atoms with Gasteiger partial charge in [0.05, 0.1) is 6.26 Å². The van der Waals surface area contributed by atoms with Crippen LogP contribution in [0.4, 0.5) is 0 Å². The zero-order valence-electron chi connectivity index (χ0n) is 7.23. The second-order valence-corrected chi connectivity index (χ2v) is 2.89. The lowest BCUT2D eigenvalue weighted by Crippen LogP contribution is -1.92. The number of hydrogen-bond acceptors (Lipinski definition) is 2. The molecule has 0 amide bonds. The average Bonchev–Trinajstić information content (AvgIpc) is 2.67. The highest BCUT2D eigenvalue weighted by Gasteiger charge is 2.01. The molecule has 2 rings (SSSR count). The van der Waals surface area contributed by atoms with Crippen LogP contribution in [0.3, 0.4) is 0 Å². The summed E-state index contributed by atoms with van der Waals surface area (Å²) in [5.74, 6) is 0.876. The number of rotatable bonds is 2. The lowest BCUT2D eigenvalue weighted by atomic mass is 10.1. The number of benzene rings is 1. The van der Waals surface area contributed by atoms with Gasteiger partial charge in [-0.1, -0.05) is 30.3 Å². The van der Waals surface area contributed by atoms with Gasteiger partial charge in [0.1, 0.15) is 5.76 Å². The minimum Gasteiger partial charge on any atom is -0.464 e. The molecule has 0 saturated heterocycles. The Balaban J connectivity index is 2.36. The van der Waals surface area contributed by atoms with Crippen LogP contribution in [0.1, 0.15) is 5.56 Å². The molecule has 13 heavy (non-hydrogen) atoms. The van der Waals surface area contributed by atoms with Crippen LogP contribution in [0.25, 0.3) is 11.3 Å². The Kier molecular flexibility index (Phi) is 2.15. The average molecular weight is 173 g/mol. The third-order valence-corrected chi connectivity index (χ3v) is 1.95. The standard InChI is InChI=1S/C11H11NO/c12-7-9-6-11(13-8-9)10-4-2-1-3-5-10/h1-6,8H,7,12H2. The Morgan fingerprint density at radius 1 is 1.15 bits per heavy atom. The molecule has 0 atom stereocenters. The molecule has 2 aromatic rings. The largest absolute Gasteiger partial charge is 0.464 e. The van der Waals surface area contributed by atoms with E-state index >= 15 is 0 Å². The van der Waals surface area contributed by atoms with Crippen LogP contribution in [0.15, 0.2) is 47.1 Å². The Labute approximate surface area is 77.0 Å². The first-order valence-corrected chi connectivity index (χ1v) is 4.23. The second-order valence-electron chi connectivity index (χ2n) is 2.89. The van der Waals surface area contributed by atoms with Gasteiger partial charge < -0.3 is 10.2 Å². The molecule has 0 aliphatic heterocycles. The lowest BCUT2D eigenvalue weighted by molar-refractivity contribution is 0.578. The van der Waals surface area contributed by atoms with E-state index in [9.17, 15) is 0 Å². The maximum absolute atomic E-state index is 5.48. The van der Waals surface area contributed by atoms with E-state index in [0.29, 0.717) is 6.54 Å². The summed E-state index contributed by atoms with van der Waals surface area (Å²) in [5.41, 5.74) is 7.59. The van der Waals surface area contributed by atoms with Crippen molar-refractivity contribution < 1.29 is 4.42 Å². The molecule has 0 spiro atoms. The van der Waals surface area contributed by atoms with Gasteiger partial charge in [-0.25, -0.2) is 0 Å². The summed E-state index contributed by atoms with van der Waals surface area (Å²) >= 11 is 0. The van der Waals surface area contributed by atoms with Gasteiger partial charge in [0.15, 0.2) is 0 Å². The fourth-order valence-electron chi connectivity index (χ4n) is 1.24. The predicted octanol–water partition coefficient (Wildman–Crippen LogP) is 2.41. The van der Waals surface area contributed by atoms with Crippen molar-refractivity contribution in [1.29, 1.82) is 0 Å². The molecular weight excluding hydrogens is 162 g/mol. The van der Waals surface area contributed by atoms with Crippen molar-refractivity contribution in [3.8, 4) is 11.3 Å². The van der Waals surface area contributed by atoms with E-state index in [4.69, 9.17) is 10.2 Å². The van der Waals surface area contributed by atoms with Crippen LogP contribution in [0, 0.1) is 0 Å². The summed E-state index contributed by atoms with van der Waals surface area (Å²) in [5, 5.41) is 0. The molecule has 2 heteroatoms. The van der Waals surface area contributed by atoms with Gasteiger partial charge in [-0.05, 0) is 6.07 Å². The molecule has 0 radical (unpaired) electrons. The summed E-state index contributed by atoms with van der Waals surface area (Å²) < 4.78 is 5.36. The van der Waals surface area contributed by atoms with E-state index in [1.807, 2.05) is 36.4 Å². The van der Waals surface area contributed by atoms with Crippen molar-refractivity contribution >= 4 is 0 Å². The molecule has 0 aliphatic rings. The molecule has 1 heterocycles. The van der Waals surface area contributed by atoms with Gasteiger partial charge in [-0.2, -0.15) is 0 Å². The van der Waals surface area contributed by atoms with Gasteiger partial charge in [0.25, 0.3) is 0 Å². The van der Waals surface area contributed by atoms with Crippen LogP contribution < -0.4 is 5.73 Å². The zero-order chi connectivity index (χ0) is 9.10. The predicted molar refractivity (Wildman–Crippen MR) is 52.0 cm³/mol. The SMILES string of the molecule is NCc1coc(-c2ccccc2)c1. The van der Waals surface area contributed by atoms with Crippen LogP contribution in [-0.2, 0) is 6.54 Å². The van der Waals surface area contributed by atoms with Crippen molar-refractivity contribution in [2.45, 2.75) is 6.54 Å². The zero-order valence-corrected chi connectivity index (χ0v) is 7.23. The van der Waals surface area contributed by atoms with E-state index in [-0.39, 0.29) is 0 Å². The first-order valence-electron chi connectivity index (χ1n) is 4.23. The van der Waals surface area contributed by atoms with E-state index in [2.05, 4.69) is 0 Å². The third kappa shape index (κ3) is 1.63. The number of hydrogen-bond donors (Lipinski definition) is 1. The maximum Gasteiger partial charge on any atom is 0.134 e. The number of nitrogens with two attached hydrogens (primary N) is 1. The van der Waals surface area contributed by atoms with Gasteiger partial charge >= 0.3 is 0 Å². The smallest absolute Gasteiger partial charge is 0.134 e. The second kappa shape index (κ2) is 3.46. The molecule has 1 aromatic heterocycles. The Hall–Kier alpha value is -1.54. The van der Waals surface area contributed by atoms with E-state index in [1.54, 1.807) is 6.26 Å². The fourth-order valence-corrected chi connectivity index (χ4v) is 1.24. The molecular formula is C11H11NO. The van der Waals surface area contributed by atoms with Crippen molar-refractivity contribution in [3.63, 3.8) is 0 Å². The Morgan fingerprint density at radius 2 is 1.92 bits per heavy atom. The first-order chi connectivity index (χ1) is 6.40. The van der Waals surface area contributed by atoms with Crippen LogP contribution in [0.2, 0.25) is 0 Å². The maximum atomic E-state index is 5.48. The number of furan rings is 1. The van der Waals surface area contributed by atoms with Crippen LogP contribution in [0.5, 0.6) is 0 Å². The summed E-state index contributed by atoms with van der Waals surface area (Å²) in [7, 11) is 0. The molecule has 2 N–H and O–H groups in total.